The van der Waals surface area contributed by atoms with Gasteiger partial charge in [-0.15, -0.1) is 0 Å². The van der Waals surface area contributed by atoms with Gasteiger partial charge in [0, 0.05) is 18.7 Å². The van der Waals surface area contributed by atoms with Gasteiger partial charge in [0.15, 0.2) is 11.5 Å². The van der Waals surface area contributed by atoms with E-state index in [1.54, 1.807) is 6.07 Å². The van der Waals surface area contributed by atoms with Gasteiger partial charge >= 0.3 is 0 Å². The van der Waals surface area contributed by atoms with Gasteiger partial charge in [0.1, 0.15) is 0 Å². The Bertz CT molecular complexity index is 388. The van der Waals surface area contributed by atoms with Crippen LogP contribution in [0.4, 0.5) is 0 Å². The minimum absolute atomic E-state index is 0.170. The van der Waals surface area contributed by atoms with E-state index in [0.717, 1.165) is 24.8 Å². The summed E-state index contributed by atoms with van der Waals surface area (Å²) in [7, 11) is 1.53. The lowest BCUT2D eigenvalue weighted by Crippen LogP contribution is -2.45. The number of phenols is 1. The number of hydrogen-bond acceptors (Lipinski definition) is 4. The van der Waals surface area contributed by atoms with Crippen molar-refractivity contribution >= 4 is 0 Å². The van der Waals surface area contributed by atoms with Crippen LogP contribution in [0.1, 0.15) is 24.8 Å². The molecule has 0 bridgehead atoms. The first kappa shape index (κ1) is 12.2. The van der Waals surface area contributed by atoms with E-state index in [0.29, 0.717) is 18.8 Å². The van der Waals surface area contributed by atoms with Crippen molar-refractivity contribution in [3.05, 3.63) is 23.8 Å². The smallest absolute Gasteiger partial charge is 0.162 e. The zero-order chi connectivity index (χ0) is 12.3. The van der Waals surface area contributed by atoms with Crippen LogP contribution < -0.4 is 10.1 Å². The first-order valence-electron chi connectivity index (χ1n) is 5.92. The van der Waals surface area contributed by atoms with E-state index in [1.165, 1.54) is 7.11 Å². The SMILES string of the molecule is COc1cccc(CNCC2(O)CCC2)c1O. The quantitative estimate of drug-likeness (QED) is 0.724. The second-order valence-electron chi connectivity index (χ2n) is 4.65. The third kappa shape index (κ3) is 2.70. The summed E-state index contributed by atoms with van der Waals surface area (Å²) in [4.78, 5) is 0. The predicted molar refractivity (Wildman–Crippen MR) is 65.2 cm³/mol. The summed E-state index contributed by atoms with van der Waals surface area (Å²) < 4.78 is 5.04. The molecule has 0 radical (unpaired) electrons. The Kier molecular flexibility index (Phi) is 3.54. The first-order valence-corrected chi connectivity index (χ1v) is 5.92. The lowest BCUT2D eigenvalue weighted by Gasteiger charge is -2.36. The summed E-state index contributed by atoms with van der Waals surface area (Å²) in [6.45, 7) is 1.11. The van der Waals surface area contributed by atoms with Gasteiger partial charge < -0.3 is 20.3 Å². The molecule has 4 nitrogen and oxygen atoms in total. The van der Waals surface area contributed by atoms with E-state index in [1.807, 2.05) is 12.1 Å². The van der Waals surface area contributed by atoms with Gasteiger partial charge in [0.2, 0.25) is 0 Å². The highest BCUT2D eigenvalue weighted by atomic mass is 16.5. The van der Waals surface area contributed by atoms with Gasteiger partial charge in [-0.25, -0.2) is 0 Å². The van der Waals surface area contributed by atoms with E-state index in [2.05, 4.69) is 5.32 Å². The summed E-state index contributed by atoms with van der Waals surface area (Å²) in [5.41, 5.74) is 0.251. The van der Waals surface area contributed by atoms with Gasteiger partial charge in [-0.05, 0) is 25.3 Å². The highest BCUT2D eigenvalue weighted by molar-refractivity contribution is 5.45. The van der Waals surface area contributed by atoms with E-state index >= 15 is 0 Å². The third-order valence-corrected chi connectivity index (χ3v) is 3.36. The van der Waals surface area contributed by atoms with Crippen molar-refractivity contribution in [3.63, 3.8) is 0 Å². The van der Waals surface area contributed by atoms with Gasteiger partial charge in [-0.1, -0.05) is 12.1 Å². The lowest BCUT2D eigenvalue weighted by molar-refractivity contribution is -0.0315. The molecule has 3 N–H and O–H groups in total. The summed E-state index contributed by atoms with van der Waals surface area (Å²) in [5.74, 6) is 0.648. The van der Waals surface area contributed by atoms with Crippen LogP contribution in [0.5, 0.6) is 11.5 Å². The monoisotopic (exact) mass is 237 g/mol. The van der Waals surface area contributed by atoms with Crippen LogP contribution >= 0.6 is 0 Å². The largest absolute Gasteiger partial charge is 0.504 e. The molecule has 0 saturated heterocycles. The maximum absolute atomic E-state index is 9.91. The molecule has 1 aliphatic rings. The number of aromatic hydroxyl groups is 1. The minimum atomic E-state index is -0.533. The molecule has 1 aromatic rings. The minimum Gasteiger partial charge on any atom is -0.504 e. The summed E-state index contributed by atoms with van der Waals surface area (Å²) in [6, 6.07) is 5.40. The number of ether oxygens (including phenoxy) is 1. The normalized spacial score (nSPS) is 17.5. The van der Waals surface area contributed by atoms with Crippen LogP contribution in [0.25, 0.3) is 0 Å². The number of phenolic OH excluding ortho intramolecular Hbond substituents is 1. The predicted octanol–water partition coefficient (Wildman–Crippen LogP) is 1.41. The topological polar surface area (TPSA) is 61.7 Å². The van der Waals surface area contributed by atoms with E-state index in [4.69, 9.17) is 4.74 Å². The van der Waals surface area contributed by atoms with Crippen LogP contribution in [0.3, 0.4) is 0 Å². The van der Waals surface area contributed by atoms with Gasteiger partial charge in [-0.3, -0.25) is 0 Å². The summed E-state index contributed by atoms with van der Waals surface area (Å²) >= 11 is 0. The number of hydrogen-bond donors (Lipinski definition) is 3. The van der Waals surface area contributed by atoms with Crippen LogP contribution in [0.2, 0.25) is 0 Å². The standard InChI is InChI=1S/C13H19NO3/c1-17-11-5-2-4-10(12(11)15)8-14-9-13(16)6-3-7-13/h2,4-5,14-16H,3,6-9H2,1H3. The van der Waals surface area contributed by atoms with Crippen molar-refractivity contribution in [1.29, 1.82) is 0 Å². The number of para-hydroxylation sites is 1. The first-order chi connectivity index (χ1) is 8.14. The Morgan fingerprint density at radius 3 is 2.76 bits per heavy atom. The summed E-state index contributed by atoms with van der Waals surface area (Å²) in [6.07, 6.45) is 2.83. The highest BCUT2D eigenvalue weighted by Crippen LogP contribution is 2.32. The van der Waals surface area contributed by atoms with Crippen molar-refractivity contribution in [2.45, 2.75) is 31.4 Å². The van der Waals surface area contributed by atoms with Gasteiger partial charge in [0.25, 0.3) is 0 Å². The van der Waals surface area contributed by atoms with Crippen molar-refractivity contribution in [3.8, 4) is 11.5 Å². The maximum atomic E-state index is 9.91. The molecule has 0 spiro atoms. The average molecular weight is 237 g/mol. The second kappa shape index (κ2) is 4.94. The molecule has 0 aliphatic heterocycles. The molecule has 4 heteroatoms. The second-order valence-corrected chi connectivity index (χ2v) is 4.65. The van der Waals surface area contributed by atoms with E-state index in [9.17, 15) is 10.2 Å². The van der Waals surface area contributed by atoms with Crippen LogP contribution in [-0.4, -0.2) is 29.5 Å². The molecule has 0 heterocycles. The van der Waals surface area contributed by atoms with Gasteiger partial charge in [-0.2, -0.15) is 0 Å². The number of methoxy groups -OCH3 is 1. The van der Waals surface area contributed by atoms with Crippen molar-refractivity contribution in [1.82, 2.24) is 5.32 Å². The Hall–Kier alpha value is -1.26. The fourth-order valence-electron chi connectivity index (χ4n) is 2.07. The van der Waals surface area contributed by atoms with Crippen molar-refractivity contribution in [2.24, 2.45) is 0 Å². The Labute approximate surface area is 101 Å². The molecule has 0 aromatic heterocycles. The molecule has 0 atom stereocenters. The van der Waals surface area contributed by atoms with Crippen LogP contribution in [0, 0.1) is 0 Å². The molecule has 1 aliphatic carbocycles. The fourth-order valence-corrected chi connectivity index (χ4v) is 2.07. The number of rotatable bonds is 5. The Morgan fingerprint density at radius 1 is 1.41 bits per heavy atom. The Morgan fingerprint density at radius 2 is 2.18 bits per heavy atom. The van der Waals surface area contributed by atoms with Crippen molar-refractivity contribution in [2.75, 3.05) is 13.7 Å². The summed E-state index contributed by atoms with van der Waals surface area (Å²) in [5, 5.41) is 22.9. The molecular weight excluding hydrogens is 218 g/mol. The molecule has 1 fully saturated rings. The average Bonchev–Trinajstić information content (AvgIpc) is 2.29. The molecule has 1 aromatic carbocycles. The molecule has 0 amide bonds. The molecule has 1 saturated carbocycles. The lowest BCUT2D eigenvalue weighted by atomic mass is 9.80. The van der Waals surface area contributed by atoms with E-state index < -0.39 is 5.60 Å². The third-order valence-electron chi connectivity index (χ3n) is 3.36. The molecule has 2 rings (SSSR count). The molecular formula is C13H19NO3. The molecule has 0 unspecified atom stereocenters. The van der Waals surface area contributed by atoms with Crippen molar-refractivity contribution < 1.29 is 14.9 Å². The Balaban J connectivity index is 1.90. The van der Waals surface area contributed by atoms with E-state index in [-0.39, 0.29) is 5.75 Å². The number of benzene rings is 1. The highest BCUT2D eigenvalue weighted by Gasteiger charge is 2.33. The van der Waals surface area contributed by atoms with Gasteiger partial charge in [0.05, 0.1) is 12.7 Å². The van der Waals surface area contributed by atoms with Crippen LogP contribution in [0.15, 0.2) is 18.2 Å². The fraction of sp³-hybridized carbons (Fsp3) is 0.538. The maximum Gasteiger partial charge on any atom is 0.162 e. The number of nitrogens with one attached hydrogen (secondary N) is 1. The van der Waals surface area contributed by atoms with Crippen LogP contribution in [-0.2, 0) is 6.54 Å². The molecule has 94 valence electrons. The number of aliphatic hydroxyl groups is 1. The zero-order valence-electron chi connectivity index (χ0n) is 10.1. The molecule has 17 heavy (non-hydrogen) atoms. The zero-order valence-corrected chi connectivity index (χ0v) is 10.1.